The molecule has 0 spiro atoms. The molecule has 3 N–H and O–H groups in total. The molecule has 0 aromatic heterocycles. The number of ketones is 1. The first-order valence-electron chi connectivity index (χ1n) is 9.56. The molecule has 0 unspecified atom stereocenters. The van der Waals surface area contributed by atoms with Gasteiger partial charge in [0.15, 0.2) is 5.78 Å². The van der Waals surface area contributed by atoms with E-state index < -0.39 is 18.0 Å². The van der Waals surface area contributed by atoms with Crippen LogP contribution >= 0.6 is 0 Å². The first-order valence-corrected chi connectivity index (χ1v) is 9.56. The molecule has 0 amide bonds. The van der Waals surface area contributed by atoms with Gasteiger partial charge in [-0.2, -0.15) is 0 Å². The lowest BCUT2D eigenvalue weighted by molar-refractivity contribution is -0.137. The fraction of sp³-hybridized carbons (Fsp3) is 0.167. The number of Topliss-reactive ketones (excluding diaryl/α,β-unsaturated/α-hetero) is 1. The molecule has 1 aliphatic heterocycles. The fourth-order valence-electron chi connectivity index (χ4n) is 3.93. The minimum Gasteiger partial charge on any atom is -0.507 e. The number of hydrogen-bond acceptors (Lipinski definition) is 5. The second-order valence-corrected chi connectivity index (χ2v) is 7.24. The Morgan fingerprint density at radius 1 is 1.00 bits per heavy atom. The molecule has 0 fully saturated rings. The van der Waals surface area contributed by atoms with E-state index in [2.05, 4.69) is 0 Å². The third kappa shape index (κ3) is 3.59. The predicted octanol–water partition coefficient (Wildman–Crippen LogP) is 4.41. The van der Waals surface area contributed by atoms with Crippen molar-refractivity contribution in [2.24, 2.45) is 0 Å². The highest BCUT2D eigenvalue weighted by atomic mass is 16.5. The van der Waals surface area contributed by atoms with Crippen LogP contribution in [0.1, 0.15) is 51.9 Å². The van der Waals surface area contributed by atoms with Crippen LogP contribution in [-0.2, 0) is 4.79 Å². The summed E-state index contributed by atoms with van der Waals surface area (Å²) in [6.45, 7) is 0. The van der Waals surface area contributed by atoms with E-state index in [1.54, 1.807) is 30.3 Å². The van der Waals surface area contributed by atoms with Gasteiger partial charge in [-0.3, -0.25) is 9.59 Å². The van der Waals surface area contributed by atoms with Crippen molar-refractivity contribution >= 4 is 11.8 Å². The lowest BCUT2D eigenvalue weighted by atomic mass is 9.84. The maximum Gasteiger partial charge on any atom is 0.304 e. The molecule has 1 heterocycles. The van der Waals surface area contributed by atoms with Crippen molar-refractivity contribution in [3.8, 4) is 17.2 Å². The summed E-state index contributed by atoms with van der Waals surface area (Å²) in [6.07, 6.45) is -0.890. The molecule has 0 saturated carbocycles. The molecule has 30 heavy (non-hydrogen) atoms. The van der Waals surface area contributed by atoms with Gasteiger partial charge in [0.1, 0.15) is 28.9 Å². The number of aliphatic carboxylic acids is 1. The standard InChI is InChI=1S/C24H20O6/c25-17-12-18(26)23-19(27)13-20(15-9-5-2-6-10-15)30-24(23)22(17)16(11-21(28)29)14-7-3-1-4-8-14/h1-10,12,16,20,25-26H,11,13H2,(H,28,29)/t16-,20+/m0/s1. The number of aromatic hydroxyl groups is 2. The molecule has 4 rings (SSSR count). The quantitative estimate of drug-likeness (QED) is 0.582. The van der Waals surface area contributed by atoms with Crippen molar-refractivity contribution in [2.75, 3.05) is 0 Å². The van der Waals surface area contributed by atoms with E-state index in [9.17, 15) is 24.9 Å². The van der Waals surface area contributed by atoms with Crippen LogP contribution in [0, 0.1) is 0 Å². The zero-order chi connectivity index (χ0) is 21.3. The van der Waals surface area contributed by atoms with E-state index in [0.717, 1.165) is 11.6 Å². The van der Waals surface area contributed by atoms with Gasteiger partial charge in [-0.05, 0) is 11.1 Å². The minimum atomic E-state index is -1.06. The molecular formula is C24H20O6. The van der Waals surface area contributed by atoms with Crippen LogP contribution in [0.5, 0.6) is 17.2 Å². The Morgan fingerprint density at radius 2 is 1.63 bits per heavy atom. The van der Waals surface area contributed by atoms with Crippen LogP contribution in [-0.4, -0.2) is 27.1 Å². The maximum atomic E-state index is 12.9. The summed E-state index contributed by atoms with van der Waals surface area (Å²) < 4.78 is 6.13. The second kappa shape index (κ2) is 7.91. The molecule has 6 nitrogen and oxygen atoms in total. The summed E-state index contributed by atoms with van der Waals surface area (Å²) in [6, 6.07) is 19.1. The molecule has 152 valence electrons. The van der Waals surface area contributed by atoms with E-state index in [0.29, 0.717) is 5.56 Å². The number of carbonyl (C=O) groups is 2. The highest BCUT2D eigenvalue weighted by molar-refractivity contribution is 6.03. The topological polar surface area (TPSA) is 104 Å². The van der Waals surface area contributed by atoms with Crippen molar-refractivity contribution in [3.05, 3.63) is 89.0 Å². The van der Waals surface area contributed by atoms with E-state index in [4.69, 9.17) is 4.74 Å². The summed E-state index contributed by atoms with van der Waals surface area (Å²) in [4.78, 5) is 24.5. The number of carboxylic acid groups (broad SMARTS) is 1. The van der Waals surface area contributed by atoms with Crippen LogP contribution < -0.4 is 4.74 Å². The SMILES string of the molecule is O=C(O)C[C@@H](c1ccccc1)c1c(O)cc(O)c2c1O[C@@H](c1ccccc1)CC2=O. The Hall–Kier alpha value is -3.80. The van der Waals surface area contributed by atoms with Crippen molar-refractivity contribution < 1.29 is 29.6 Å². The second-order valence-electron chi connectivity index (χ2n) is 7.24. The molecule has 6 heteroatoms. The van der Waals surface area contributed by atoms with Crippen molar-refractivity contribution in [1.82, 2.24) is 0 Å². The van der Waals surface area contributed by atoms with Crippen LogP contribution in [0.25, 0.3) is 0 Å². The third-order valence-corrected chi connectivity index (χ3v) is 5.29. The summed E-state index contributed by atoms with van der Waals surface area (Å²) in [5, 5.41) is 30.5. The molecular weight excluding hydrogens is 384 g/mol. The predicted molar refractivity (Wildman–Crippen MR) is 109 cm³/mol. The van der Waals surface area contributed by atoms with Gasteiger partial charge in [-0.15, -0.1) is 0 Å². The average Bonchev–Trinajstić information content (AvgIpc) is 2.73. The highest BCUT2D eigenvalue weighted by Gasteiger charge is 2.36. The zero-order valence-electron chi connectivity index (χ0n) is 16.0. The molecule has 1 aliphatic rings. The first-order chi connectivity index (χ1) is 14.5. The number of benzene rings is 3. The Morgan fingerprint density at radius 3 is 2.27 bits per heavy atom. The monoisotopic (exact) mass is 404 g/mol. The van der Waals surface area contributed by atoms with Gasteiger partial charge in [-0.1, -0.05) is 60.7 Å². The third-order valence-electron chi connectivity index (χ3n) is 5.29. The Balaban J connectivity index is 1.90. The molecule has 0 bridgehead atoms. The van der Waals surface area contributed by atoms with Crippen LogP contribution in [0.2, 0.25) is 0 Å². The molecule has 0 radical (unpaired) electrons. The van der Waals surface area contributed by atoms with E-state index in [1.165, 1.54) is 0 Å². The Labute approximate surface area is 173 Å². The van der Waals surface area contributed by atoms with Gasteiger partial charge in [0.2, 0.25) is 0 Å². The summed E-state index contributed by atoms with van der Waals surface area (Å²) in [5.41, 5.74) is 1.59. The lowest BCUT2D eigenvalue weighted by Gasteiger charge is -2.30. The molecule has 3 aromatic carbocycles. The van der Waals surface area contributed by atoms with Crippen LogP contribution in [0.4, 0.5) is 0 Å². The summed E-state index contributed by atoms with van der Waals surface area (Å²) in [5.74, 6) is -2.82. The molecule has 0 saturated heterocycles. The molecule has 3 aromatic rings. The van der Waals surface area contributed by atoms with Crippen molar-refractivity contribution in [3.63, 3.8) is 0 Å². The summed E-state index contributed by atoms with van der Waals surface area (Å²) in [7, 11) is 0. The van der Waals surface area contributed by atoms with Crippen LogP contribution in [0.3, 0.4) is 0 Å². The van der Waals surface area contributed by atoms with Gasteiger partial charge in [0.25, 0.3) is 0 Å². The van der Waals surface area contributed by atoms with Crippen LogP contribution in [0.15, 0.2) is 66.7 Å². The number of phenolic OH excluding ortho intramolecular Hbond substituents is 2. The fourth-order valence-corrected chi connectivity index (χ4v) is 3.93. The number of ether oxygens (including phenoxy) is 1. The van der Waals surface area contributed by atoms with Gasteiger partial charge in [0.05, 0.1) is 12.8 Å². The summed E-state index contributed by atoms with van der Waals surface area (Å²) >= 11 is 0. The zero-order valence-corrected chi connectivity index (χ0v) is 16.0. The number of phenols is 2. The number of rotatable bonds is 5. The minimum absolute atomic E-state index is 0.0266. The molecule has 0 aliphatic carbocycles. The number of carbonyl (C=O) groups excluding carboxylic acids is 1. The van der Waals surface area contributed by atoms with Gasteiger partial charge >= 0.3 is 5.97 Å². The van der Waals surface area contributed by atoms with E-state index >= 15 is 0 Å². The largest absolute Gasteiger partial charge is 0.507 e. The highest BCUT2D eigenvalue weighted by Crippen LogP contribution is 2.50. The first kappa shape index (κ1) is 19.5. The number of hydrogen-bond donors (Lipinski definition) is 3. The lowest BCUT2D eigenvalue weighted by Crippen LogP contribution is -2.23. The number of carboxylic acids is 1. The smallest absolute Gasteiger partial charge is 0.304 e. The van der Waals surface area contributed by atoms with Gasteiger partial charge in [-0.25, -0.2) is 0 Å². The Bertz CT molecular complexity index is 1090. The maximum absolute atomic E-state index is 12.9. The Kier molecular flexibility index (Phi) is 5.14. The van der Waals surface area contributed by atoms with E-state index in [-0.39, 0.29) is 47.0 Å². The van der Waals surface area contributed by atoms with Gasteiger partial charge in [0, 0.05) is 17.5 Å². The van der Waals surface area contributed by atoms with Crippen molar-refractivity contribution in [1.29, 1.82) is 0 Å². The normalized spacial score (nSPS) is 16.4. The number of fused-ring (bicyclic) bond motifs is 1. The average molecular weight is 404 g/mol. The molecule has 2 atom stereocenters. The van der Waals surface area contributed by atoms with Crippen molar-refractivity contribution in [2.45, 2.75) is 24.9 Å². The van der Waals surface area contributed by atoms with Gasteiger partial charge < -0.3 is 20.1 Å². The van der Waals surface area contributed by atoms with E-state index in [1.807, 2.05) is 30.3 Å².